The molecule has 2 aromatic carbocycles. The molecule has 2 rings (SSSR count). The summed E-state index contributed by atoms with van der Waals surface area (Å²) in [6, 6.07) is 15.3. The molecule has 5 nitrogen and oxygen atoms in total. The lowest BCUT2D eigenvalue weighted by atomic mass is 10.0. The molecule has 0 bridgehead atoms. The van der Waals surface area contributed by atoms with Crippen molar-refractivity contribution >= 4 is 15.9 Å². The molecule has 0 saturated carbocycles. The number of rotatable bonds is 7. The first-order chi connectivity index (χ1) is 10.9. The highest BCUT2D eigenvalue weighted by Crippen LogP contribution is 2.13. The molecule has 3 N–H and O–H groups in total. The fourth-order valence-corrected chi connectivity index (χ4v) is 3.54. The Kier molecular flexibility index (Phi) is 5.52. The molecule has 23 heavy (non-hydrogen) atoms. The van der Waals surface area contributed by atoms with Crippen molar-refractivity contribution in [2.75, 3.05) is 0 Å². The van der Waals surface area contributed by atoms with Gasteiger partial charge in [0.2, 0.25) is 15.9 Å². The molecule has 1 amide bonds. The number of hydrogen-bond acceptors (Lipinski definition) is 3. The van der Waals surface area contributed by atoms with Gasteiger partial charge in [-0.1, -0.05) is 48.0 Å². The van der Waals surface area contributed by atoms with Gasteiger partial charge in [-0.2, -0.15) is 0 Å². The van der Waals surface area contributed by atoms with Gasteiger partial charge in [0.25, 0.3) is 0 Å². The number of carbonyl (C=O) groups excluding carboxylic acids is 1. The molecule has 0 aliphatic rings. The maximum Gasteiger partial charge on any atom is 0.240 e. The highest BCUT2D eigenvalue weighted by Gasteiger charge is 2.21. The smallest absolute Gasteiger partial charge is 0.240 e. The molecule has 1 unspecified atom stereocenters. The predicted molar refractivity (Wildman–Crippen MR) is 89.2 cm³/mol. The molecule has 0 heterocycles. The molecule has 0 aliphatic heterocycles. The number of nitrogens with two attached hydrogens (primary N) is 1. The lowest BCUT2D eigenvalue weighted by molar-refractivity contribution is -0.118. The summed E-state index contributed by atoms with van der Waals surface area (Å²) in [7, 11) is -3.70. The molecule has 0 aromatic heterocycles. The summed E-state index contributed by atoms with van der Waals surface area (Å²) in [6.45, 7) is 1.88. The summed E-state index contributed by atoms with van der Waals surface area (Å²) >= 11 is 0. The van der Waals surface area contributed by atoms with Gasteiger partial charge in [-0.05, 0) is 31.0 Å². The molecular formula is C17H20N2O3S. The number of benzene rings is 2. The van der Waals surface area contributed by atoms with E-state index in [1.54, 1.807) is 24.3 Å². The Hall–Kier alpha value is -2.18. The Morgan fingerprint density at radius 1 is 1.09 bits per heavy atom. The SMILES string of the molecule is Cc1ccc(S(=O)(=O)NC(CC(N)=O)Cc2ccccc2)cc1. The predicted octanol–water partition coefficient (Wildman–Crippen LogP) is 1.76. The Labute approximate surface area is 136 Å². The second-order valence-corrected chi connectivity index (χ2v) is 7.21. The van der Waals surface area contributed by atoms with Crippen LogP contribution in [0.15, 0.2) is 59.5 Å². The Morgan fingerprint density at radius 3 is 2.26 bits per heavy atom. The van der Waals surface area contributed by atoms with Crippen LogP contribution in [0.4, 0.5) is 0 Å². The minimum Gasteiger partial charge on any atom is -0.370 e. The van der Waals surface area contributed by atoms with Crippen LogP contribution in [0.3, 0.4) is 0 Å². The Balaban J connectivity index is 2.19. The maximum absolute atomic E-state index is 12.5. The van der Waals surface area contributed by atoms with Gasteiger partial charge in [0.1, 0.15) is 0 Å². The Bertz CT molecular complexity index is 756. The number of hydrogen-bond donors (Lipinski definition) is 2. The van der Waals surface area contributed by atoms with Gasteiger partial charge in [-0.15, -0.1) is 0 Å². The van der Waals surface area contributed by atoms with Gasteiger partial charge >= 0.3 is 0 Å². The van der Waals surface area contributed by atoms with Crippen molar-refractivity contribution in [3.8, 4) is 0 Å². The van der Waals surface area contributed by atoms with E-state index in [0.29, 0.717) is 6.42 Å². The Morgan fingerprint density at radius 2 is 1.70 bits per heavy atom. The molecule has 0 radical (unpaired) electrons. The summed E-state index contributed by atoms with van der Waals surface area (Å²) in [6.07, 6.45) is 0.342. The van der Waals surface area contributed by atoms with Gasteiger partial charge in [0.15, 0.2) is 0 Å². The summed E-state index contributed by atoms with van der Waals surface area (Å²) < 4.78 is 27.5. The summed E-state index contributed by atoms with van der Waals surface area (Å²) in [5.74, 6) is -0.544. The van der Waals surface area contributed by atoms with Crippen LogP contribution in [0.25, 0.3) is 0 Å². The van der Waals surface area contributed by atoms with Crippen LogP contribution in [0, 0.1) is 6.92 Å². The molecular weight excluding hydrogens is 312 g/mol. The van der Waals surface area contributed by atoms with Crippen molar-refractivity contribution in [1.82, 2.24) is 4.72 Å². The number of carbonyl (C=O) groups is 1. The fraction of sp³-hybridized carbons (Fsp3) is 0.235. The maximum atomic E-state index is 12.5. The second-order valence-electron chi connectivity index (χ2n) is 5.49. The van der Waals surface area contributed by atoms with Crippen molar-refractivity contribution in [1.29, 1.82) is 0 Å². The minimum atomic E-state index is -3.70. The van der Waals surface area contributed by atoms with E-state index in [-0.39, 0.29) is 11.3 Å². The summed E-state index contributed by atoms with van der Waals surface area (Å²) in [4.78, 5) is 11.4. The lowest BCUT2D eigenvalue weighted by Gasteiger charge is -2.17. The van der Waals surface area contributed by atoms with Crippen molar-refractivity contribution in [3.05, 3.63) is 65.7 Å². The number of aryl methyl sites for hydroxylation is 1. The highest BCUT2D eigenvalue weighted by atomic mass is 32.2. The zero-order valence-electron chi connectivity index (χ0n) is 12.9. The molecule has 1 atom stereocenters. The topological polar surface area (TPSA) is 89.3 Å². The van der Waals surface area contributed by atoms with Crippen LogP contribution in [-0.4, -0.2) is 20.4 Å². The quantitative estimate of drug-likeness (QED) is 0.809. The molecule has 0 fully saturated rings. The van der Waals surface area contributed by atoms with E-state index < -0.39 is 22.0 Å². The molecule has 122 valence electrons. The fourth-order valence-electron chi connectivity index (χ4n) is 2.30. The molecule has 2 aromatic rings. The number of sulfonamides is 1. The third-order valence-electron chi connectivity index (χ3n) is 3.43. The second kappa shape index (κ2) is 7.39. The van der Waals surface area contributed by atoms with Crippen molar-refractivity contribution in [3.63, 3.8) is 0 Å². The van der Waals surface area contributed by atoms with Gasteiger partial charge in [0, 0.05) is 12.5 Å². The molecule has 0 spiro atoms. The van der Waals surface area contributed by atoms with Gasteiger partial charge in [-0.3, -0.25) is 4.79 Å². The van der Waals surface area contributed by atoms with Gasteiger partial charge in [-0.25, -0.2) is 13.1 Å². The standard InChI is InChI=1S/C17H20N2O3S/c1-13-7-9-16(10-8-13)23(21,22)19-15(12-17(18)20)11-14-5-3-2-4-6-14/h2-10,15,19H,11-12H2,1H3,(H2,18,20). The average Bonchev–Trinajstić information content (AvgIpc) is 2.47. The first-order valence-electron chi connectivity index (χ1n) is 7.28. The third kappa shape index (κ3) is 5.19. The normalized spacial score (nSPS) is 12.7. The van der Waals surface area contributed by atoms with E-state index in [4.69, 9.17) is 5.73 Å². The van der Waals surface area contributed by atoms with E-state index in [1.165, 1.54) is 0 Å². The van der Waals surface area contributed by atoms with Crippen LogP contribution >= 0.6 is 0 Å². The molecule has 6 heteroatoms. The summed E-state index contributed by atoms with van der Waals surface area (Å²) in [5, 5.41) is 0. The minimum absolute atomic E-state index is 0.0556. The molecule has 0 aliphatic carbocycles. The number of primary amides is 1. The van der Waals surface area contributed by atoms with Crippen LogP contribution in [-0.2, 0) is 21.2 Å². The number of nitrogens with one attached hydrogen (secondary N) is 1. The van der Waals surface area contributed by atoms with Gasteiger partial charge in [0.05, 0.1) is 4.90 Å². The largest absolute Gasteiger partial charge is 0.370 e. The van der Waals surface area contributed by atoms with E-state index >= 15 is 0 Å². The zero-order valence-corrected chi connectivity index (χ0v) is 13.7. The zero-order chi connectivity index (χ0) is 16.9. The highest BCUT2D eigenvalue weighted by molar-refractivity contribution is 7.89. The first-order valence-corrected chi connectivity index (χ1v) is 8.76. The van der Waals surface area contributed by atoms with E-state index in [1.807, 2.05) is 37.3 Å². The summed E-state index contributed by atoms with van der Waals surface area (Å²) in [5.41, 5.74) is 7.16. The third-order valence-corrected chi connectivity index (χ3v) is 4.96. The van der Waals surface area contributed by atoms with Crippen LogP contribution in [0.5, 0.6) is 0 Å². The monoisotopic (exact) mass is 332 g/mol. The number of amides is 1. The van der Waals surface area contributed by atoms with Crippen LogP contribution < -0.4 is 10.5 Å². The van der Waals surface area contributed by atoms with Gasteiger partial charge < -0.3 is 5.73 Å². The van der Waals surface area contributed by atoms with Crippen molar-refractivity contribution < 1.29 is 13.2 Å². The average molecular weight is 332 g/mol. The van der Waals surface area contributed by atoms with Crippen molar-refractivity contribution in [2.45, 2.75) is 30.7 Å². The van der Waals surface area contributed by atoms with E-state index in [2.05, 4.69) is 4.72 Å². The van der Waals surface area contributed by atoms with Crippen LogP contribution in [0.1, 0.15) is 17.5 Å². The lowest BCUT2D eigenvalue weighted by Crippen LogP contribution is -2.39. The van der Waals surface area contributed by atoms with E-state index in [0.717, 1.165) is 11.1 Å². The van der Waals surface area contributed by atoms with E-state index in [9.17, 15) is 13.2 Å². The molecule has 0 saturated heterocycles. The van der Waals surface area contributed by atoms with Crippen molar-refractivity contribution in [2.24, 2.45) is 5.73 Å². The van der Waals surface area contributed by atoms with Crippen LogP contribution in [0.2, 0.25) is 0 Å². The first kappa shape index (κ1) is 17.2.